The molecule has 1 fully saturated rings. The summed E-state index contributed by atoms with van der Waals surface area (Å²) < 4.78 is 10.9. The molecule has 2 unspecified atom stereocenters. The number of benzene rings is 1. The number of rotatable bonds is 2. The summed E-state index contributed by atoms with van der Waals surface area (Å²) in [7, 11) is 1.97. The van der Waals surface area contributed by atoms with Crippen molar-refractivity contribution in [1.82, 2.24) is 10.0 Å². The van der Waals surface area contributed by atoms with Crippen molar-refractivity contribution in [1.29, 1.82) is 0 Å². The van der Waals surface area contributed by atoms with Gasteiger partial charge in [-0.05, 0) is 30.7 Å². The summed E-state index contributed by atoms with van der Waals surface area (Å²) in [5.41, 5.74) is 1.88. The minimum atomic E-state index is -0.371. The molecule has 1 saturated heterocycles. The van der Waals surface area contributed by atoms with E-state index in [0.29, 0.717) is 6.79 Å². The standard InChI is InChI=1S/C17H18N2O3/c1-17(13-4-3-7-18-10-13)9-14(19(2)22-17)12-5-6-15-16(8-12)21-11-20-15/h3-8,10,14H,9,11H2,1-2H3. The van der Waals surface area contributed by atoms with Crippen LogP contribution in [-0.2, 0) is 10.4 Å². The molecule has 1 aromatic heterocycles. The largest absolute Gasteiger partial charge is 0.454 e. The van der Waals surface area contributed by atoms with E-state index in [1.54, 1.807) is 6.20 Å². The summed E-state index contributed by atoms with van der Waals surface area (Å²) >= 11 is 0. The van der Waals surface area contributed by atoms with Crippen LogP contribution >= 0.6 is 0 Å². The van der Waals surface area contributed by atoms with Gasteiger partial charge in [0.2, 0.25) is 6.79 Å². The Morgan fingerprint density at radius 1 is 1.23 bits per heavy atom. The third kappa shape index (κ3) is 2.14. The van der Waals surface area contributed by atoms with Crippen molar-refractivity contribution < 1.29 is 14.3 Å². The van der Waals surface area contributed by atoms with Gasteiger partial charge in [-0.15, -0.1) is 0 Å². The van der Waals surface area contributed by atoms with E-state index in [-0.39, 0.29) is 11.6 Å². The van der Waals surface area contributed by atoms with E-state index >= 15 is 0 Å². The predicted molar refractivity (Wildman–Crippen MR) is 80.4 cm³/mol. The van der Waals surface area contributed by atoms with Crippen LogP contribution in [-0.4, -0.2) is 23.9 Å². The maximum absolute atomic E-state index is 6.14. The van der Waals surface area contributed by atoms with Crippen molar-refractivity contribution in [3.05, 3.63) is 53.9 Å². The van der Waals surface area contributed by atoms with Gasteiger partial charge in [0.25, 0.3) is 0 Å². The number of hydroxylamine groups is 2. The second-order valence-corrected chi connectivity index (χ2v) is 5.94. The average Bonchev–Trinajstić information content (AvgIpc) is 3.12. The van der Waals surface area contributed by atoms with Crippen LogP contribution in [0.2, 0.25) is 0 Å². The zero-order valence-electron chi connectivity index (χ0n) is 12.7. The topological polar surface area (TPSA) is 43.8 Å². The van der Waals surface area contributed by atoms with Gasteiger partial charge in [-0.25, -0.2) is 0 Å². The highest BCUT2D eigenvalue weighted by atomic mass is 16.7. The monoisotopic (exact) mass is 298 g/mol. The van der Waals surface area contributed by atoms with Gasteiger partial charge < -0.3 is 9.47 Å². The normalized spacial score (nSPS) is 27.3. The van der Waals surface area contributed by atoms with Crippen LogP contribution in [0.3, 0.4) is 0 Å². The van der Waals surface area contributed by atoms with Crippen LogP contribution in [0.5, 0.6) is 11.5 Å². The summed E-state index contributed by atoms with van der Waals surface area (Å²) in [4.78, 5) is 10.4. The zero-order valence-corrected chi connectivity index (χ0v) is 12.7. The molecule has 2 aliphatic heterocycles. The quantitative estimate of drug-likeness (QED) is 0.852. The lowest BCUT2D eigenvalue weighted by Gasteiger charge is -2.23. The Bertz CT molecular complexity index is 692. The second kappa shape index (κ2) is 4.97. The smallest absolute Gasteiger partial charge is 0.231 e. The van der Waals surface area contributed by atoms with Crippen LogP contribution in [0.15, 0.2) is 42.7 Å². The molecule has 0 N–H and O–H groups in total. The van der Waals surface area contributed by atoms with E-state index in [1.807, 2.05) is 36.5 Å². The van der Waals surface area contributed by atoms with Gasteiger partial charge >= 0.3 is 0 Å². The fourth-order valence-corrected chi connectivity index (χ4v) is 3.21. The molecule has 0 saturated carbocycles. The molecule has 5 heteroatoms. The number of nitrogens with zero attached hydrogens (tertiary/aromatic N) is 2. The first-order chi connectivity index (χ1) is 10.7. The highest BCUT2D eigenvalue weighted by molar-refractivity contribution is 5.45. The number of ether oxygens (including phenoxy) is 2. The molecular formula is C17H18N2O3. The first-order valence-electron chi connectivity index (χ1n) is 7.38. The summed E-state index contributed by atoms with van der Waals surface area (Å²) in [5, 5.41) is 1.92. The summed E-state index contributed by atoms with van der Waals surface area (Å²) in [6, 6.07) is 10.3. The zero-order chi connectivity index (χ0) is 15.2. The molecule has 2 aliphatic rings. The van der Waals surface area contributed by atoms with Gasteiger partial charge in [-0.2, -0.15) is 5.06 Å². The Kier molecular flexibility index (Phi) is 3.06. The molecule has 3 heterocycles. The van der Waals surface area contributed by atoms with E-state index in [9.17, 15) is 0 Å². The van der Waals surface area contributed by atoms with Crippen molar-refractivity contribution >= 4 is 0 Å². The fourth-order valence-electron chi connectivity index (χ4n) is 3.21. The molecule has 0 amide bonds. The first kappa shape index (κ1) is 13.5. The van der Waals surface area contributed by atoms with Gasteiger partial charge in [-0.1, -0.05) is 12.1 Å². The molecule has 2 aromatic rings. The van der Waals surface area contributed by atoms with E-state index in [0.717, 1.165) is 23.5 Å². The van der Waals surface area contributed by atoms with Gasteiger partial charge in [0.05, 0.1) is 6.04 Å². The Morgan fingerprint density at radius 2 is 2.09 bits per heavy atom. The van der Waals surface area contributed by atoms with Gasteiger partial charge in [0.1, 0.15) is 5.60 Å². The lowest BCUT2D eigenvalue weighted by molar-refractivity contribution is -0.188. The SMILES string of the molecule is CN1OC(C)(c2cccnc2)CC1c1ccc2c(c1)OCO2. The molecule has 22 heavy (non-hydrogen) atoms. The maximum atomic E-state index is 6.14. The molecule has 4 rings (SSSR count). The molecule has 0 spiro atoms. The number of aromatic nitrogens is 1. The fraction of sp³-hybridized carbons (Fsp3) is 0.353. The number of hydrogen-bond donors (Lipinski definition) is 0. The van der Waals surface area contributed by atoms with E-state index in [1.165, 1.54) is 5.56 Å². The highest BCUT2D eigenvalue weighted by Gasteiger charge is 2.43. The Morgan fingerprint density at radius 3 is 2.91 bits per heavy atom. The highest BCUT2D eigenvalue weighted by Crippen LogP contribution is 2.46. The Labute approximate surface area is 129 Å². The molecule has 1 aromatic carbocycles. The number of pyridine rings is 1. The lowest BCUT2D eigenvalue weighted by Crippen LogP contribution is -2.23. The summed E-state index contributed by atoms with van der Waals surface area (Å²) in [5.74, 6) is 1.61. The van der Waals surface area contributed by atoms with Gasteiger partial charge in [0, 0.05) is 31.4 Å². The third-order valence-corrected chi connectivity index (χ3v) is 4.42. The van der Waals surface area contributed by atoms with Crippen LogP contribution in [0.4, 0.5) is 0 Å². The Balaban J connectivity index is 1.64. The summed E-state index contributed by atoms with van der Waals surface area (Å²) in [6.45, 7) is 2.40. The van der Waals surface area contributed by atoms with Crippen molar-refractivity contribution in [2.24, 2.45) is 0 Å². The molecule has 5 nitrogen and oxygen atoms in total. The molecule has 2 atom stereocenters. The maximum Gasteiger partial charge on any atom is 0.231 e. The van der Waals surface area contributed by atoms with Crippen molar-refractivity contribution in [3.63, 3.8) is 0 Å². The van der Waals surface area contributed by atoms with Crippen molar-refractivity contribution in [2.45, 2.75) is 25.0 Å². The molecule has 0 aliphatic carbocycles. The molecule has 114 valence electrons. The lowest BCUT2D eigenvalue weighted by atomic mass is 9.89. The van der Waals surface area contributed by atoms with Crippen LogP contribution in [0.25, 0.3) is 0 Å². The van der Waals surface area contributed by atoms with Gasteiger partial charge in [0.15, 0.2) is 11.5 Å². The van der Waals surface area contributed by atoms with Crippen molar-refractivity contribution in [2.75, 3.05) is 13.8 Å². The van der Waals surface area contributed by atoms with Crippen LogP contribution in [0.1, 0.15) is 30.5 Å². The predicted octanol–water partition coefficient (Wildman–Crippen LogP) is 3.03. The molecule has 0 bridgehead atoms. The average molecular weight is 298 g/mol. The van der Waals surface area contributed by atoms with Gasteiger partial charge in [-0.3, -0.25) is 9.82 Å². The van der Waals surface area contributed by atoms with E-state index in [2.05, 4.69) is 24.0 Å². The third-order valence-electron chi connectivity index (χ3n) is 4.42. The van der Waals surface area contributed by atoms with E-state index in [4.69, 9.17) is 14.3 Å². The van der Waals surface area contributed by atoms with Crippen LogP contribution < -0.4 is 9.47 Å². The minimum absolute atomic E-state index is 0.166. The summed E-state index contributed by atoms with van der Waals surface area (Å²) in [6.07, 6.45) is 4.51. The number of hydrogen-bond acceptors (Lipinski definition) is 5. The molecular weight excluding hydrogens is 280 g/mol. The number of fused-ring (bicyclic) bond motifs is 1. The first-order valence-corrected chi connectivity index (χ1v) is 7.38. The second-order valence-electron chi connectivity index (χ2n) is 5.94. The van der Waals surface area contributed by atoms with E-state index < -0.39 is 0 Å². The Hall–Kier alpha value is -2.11. The minimum Gasteiger partial charge on any atom is -0.454 e. The molecule has 0 radical (unpaired) electrons. The van der Waals surface area contributed by atoms with Crippen molar-refractivity contribution in [3.8, 4) is 11.5 Å². The van der Waals surface area contributed by atoms with Crippen LogP contribution in [0, 0.1) is 0 Å².